The van der Waals surface area contributed by atoms with E-state index in [4.69, 9.17) is 0 Å². The molecule has 134 valence electrons. The number of carbonyl (C=O) groups is 2. The standard InChI is InChI=1S/C18H18FN5O2/c19-15-10-20-12-21-17(15)22-8-6-13(7-9-22)23-11-16(25)24(18(23)26)14-4-2-1-3-5-14/h1-5,10,12-13H,6-9,11H2. The van der Waals surface area contributed by atoms with Crippen molar-refractivity contribution in [2.75, 3.05) is 29.4 Å². The lowest BCUT2D eigenvalue weighted by atomic mass is 10.0. The van der Waals surface area contributed by atoms with E-state index in [0.717, 1.165) is 6.20 Å². The fourth-order valence-corrected chi connectivity index (χ4v) is 3.56. The van der Waals surface area contributed by atoms with Gasteiger partial charge in [0.1, 0.15) is 12.9 Å². The first-order chi connectivity index (χ1) is 12.6. The Morgan fingerprint density at radius 3 is 2.50 bits per heavy atom. The summed E-state index contributed by atoms with van der Waals surface area (Å²) in [5.74, 6) is -0.382. The van der Waals surface area contributed by atoms with E-state index in [0.29, 0.717) is 31.6 Å². The number of hydrogen-bond acceptors (Lipinski definition) is 5. The third-order valence-corrected chi connectivity index (χ3v) is 4.86. The summed E-state index contributed by atoms with van der Waals surface area (Å²) >= 11 is 0. The molecule has 3 amide bonds. The molecule has 0 N–H and O–H groups in total. The summed E-state index contributed by atoms with van der Waals surface area (Å²) in [7, 11) is 0. The maximum absolute atomic E-state index is 13.8. The fourth-order valence-electron chi connectivity index (χ4n) is 3.56. The highest BCUT2D eigenvalue weighted by molar-refractivity contribution is 6.19. The third-order valence-electron chi connectivity index (χ3n) is 4.86. The van der Waals surface area contributed by atoms with E-state index in [1.54, 1.807) is 29.2 Å². The van der Waals surface area contributed by atoms with Crippen LogP contribution in [0.25, 0.3) is 0 Å². The monoisotopic (exact) mass is 355 g/mol. The molecule has 8 heteroatoms. The molecule has 0 bridgehead atoms. The average Bonchev–Trinajstić information content (AvgIpc) is 2.97. The zero-order valence-corrected chi connectivity index (χ0v) is 14.1. The lowest BCUT2D eigenvalue weighted by Crippen LogP contribution is -2.47. The van der Waals surface area contributed by atoms with Crippen LogP contribution < -0.4 is 9.80 Å². The van der Waals surface area contributed by atoms with Gasteiger partial charge >= 0.3 is 6.03 Å². The van der Waals surface area contributed by atoms with Gasteiger partial charge in [0.05, 0.1) is 11.9 Å². The van der Waals surface area contributed by atoms with Crippen LogP contribution in [0.5, 0.6) is 0 Å². The zero-order chi connectivity index (χ0) is 18.1. The van der Waals surface area contributed by atoms with Gasteiger partial charge < -0.3 is 9.80 Å². The molecule has 0 saturated carbocycles. The van der Waals surface area contributed by atoms with Gasteiger partial charge in [-0.15, -0.1) is 0 Å². The smallest absolute Gasteiger partial charge is 0.332 e. The number of nitrogens with zero attached hydrogens (tertiary/aromatic N) is 5. The molecule has 2 aliphatic heterocycles. The lowest BCUT2D eigenvalue weighted by Gasteiger charge is -2.36. The van der Waals surface area contributed by atoms with Crippen molar-refractivity contribution < 1.29 is 14.0 Å². The molecule has 0 spiro atoms. The molecule has 1 aromatic heterocycles. The summed E-state index contributed by atoms with van der Waals surface area (Å²) in [5.41, 5.74) is 0.588. The highest BCUT2D eigenvalue weighted by Gasteiger charge is 2.41. The Morgan fingerprint density at radius 2 is 1.81 bits per heavy atom. The highest BCUT2D eigenvalue weighted by atomic mass is 19.1. The van der Waals surface area contributed by atoms with Gasteiger partial charge in [-0.3, -0.25) is 4.79 Å². The van der Waals surface area contributed by atoms with Crippen LogP contribution in [-0.2, 0) is 4.79 Å². The van der Waals surface area contributed by atoms with Gasteiger partial charge in [0, 0.05) is 19.1 Å². The summed E-state index contributed by atoms with van der Waals surface area (Å²) in [6, 6.07) is 8.61. The summed E-state index contributed by atoms with van der Waals surface area (Å²) in [4.78, 5) is 37.5. The Morgan fingerprint density at radius 1 is 1.08 bits per heavy atom. The van der Waals surface area contributed by atoms with Gasteiger partial charge in [0.2, 0.25) is 0 Å². The molecule has 0 unspecified atom stereocenters. The number of urea groups is 1. The van der Waals surface area contributed by atoms with E-state index in [2.05, 4.69) is 9.97 Å². The SMILES string of the molecule is O=C1CN(C2CCN(c3ncncc3F)CC2)C(=O)N1c1ccccc1. The largest absolute Gasteiger partial charge is 0.354 e. The van der Waals surface area contributed by atoms with Crippen molar-refractivity contribution in [2.45, 2.75) is 18.9 Å². The van der Waals surface area contributed by atoms with Crippen molar-refractivity contribution in [1.82, 2.24) is 14.9 Å². The molecule has 1 aromatic carbocycles. The van der Waals surface area contributed by atoms with Crippen molar-refractivity contribution >= 4 is 23.4 Å². The molecule has 2 fully saturated rings. The Balaban J connectivity index is 1.44. The van der Waals surface area contributed by atoms with E-state index in [9.17, 15) is 14.0 Å². The Hall–Kier alpha value is -3.03. The second kappa shape index (κ2) is 6.70. The van der Waals surface area contributed by atoms with Gasteiger partial charge in [-0.05, 0) is 25.0 Å². The second-order valence-electron chi connectivity index (χ2n) is 6.39. The van der Waals surface area contributed by atoms with E-state index >= 15 is 0 Å². The Bertz CT molecular complexity index is 823. The van der Waals surface area contributed by atoms with Gasteiger partial charge in [0.25, 0.3) is 5.91 Å². The summed E-state index contributed by atoms with van der Waals surface area (Å²) in [6.07, 6.45) is 3.79. The molecule has 3 heterocycles. The molecular formula is C18H18FN5O2. The number of imide groups is 1. The minimum atomic E-state index is -0.450. The predicted molar refractivity (Wildman–Crippen MR) is 93.3 cm³/mol. The minimum Gasteiger partial charge on any atom is -0.354 e. The summed E-state index contributed by atoms with van der Waals surface area (Å²) < 4.78 is 13.8. The molecule has 0 radical (unpaired) electrons. The summed E-state index contributed by atoms with van der Waals surface area (Å²) in [6.45, 7) is 1.23. The Kier molecular flexibility index (Phi) is 4.24. The van der Waals surface area contributed by atoms with Crippen LogP contribution in [-0.4, -0.2) is 52.5 Å². The van der Waals surface area contributed by atoms with Crippen molar-refractivity contribution in [3.8, 4) is 0 Å². The first kappa shape index (κ1) is 16.4. The molecule has 2 saturated heterocycles. The molecule has 7 nitrogen and oxygen atoms in total. The summed E-state index contributed by atoms with van der Waals surface area (Å²) in [5, 5.41) is 0. The normalized spacial score (nSPS) is 18.7. The average molecular weight is 355 g/mol. The number of halogens is 1. The fraction of sp³-hybridized carbons (Fsp3) is 0.333. The molecule has 2 aliphatic rings. The second-order valence-corrected chi connectivity index (χ2v) is 6.39. The van der Waals surface area contributed by atoms with Crippen LogP contribution in [0.4, 0.5) is 20.7 Å². The van der Waals surface area contributed by atoms with Gasteiger partial charge in [-0.2, -0.15) is 0 Å². The van der Waals surface area contributed by atoms with E-state index in [-0.39, 0.29) is 30.3 Å². The number of para-hydroxylation sites is 1. The van der Waals surface area contributed by atoms with Crippen molar-refractivity contribution in [1.29, 1.82) is 0 Å². The molecule has 4 rings (SSSR count). The van der Waals surface area contributed by atoms with Crippen LogP contribution >= 0.6 is 0 Å². The van der Waals surface area contributed by atoms with Crippen molar-refractivity contribution in [3.63, 3.8) is 0 Å². The van der Waals surface area contributed by atoms with Crippen LogP contribution in [0.1, 0.15) is 12.8 Å². The first-order valence-corrected chi connectivity index (χ1v) is 8.54. The van der Waals surface area contributed by atoms with Crippen molar-refractivity contribution in [2.24, 2.45) is 0 Å². The lowest BCUT2D eigenvalue weighted by molar-refractivity contribution is -0.116. The minimum absolute atomic E-state index is 0.0405. The van der Waals surface area contributed by atoms with Gasteiger partial charge in [0.15, 0.2) is 11.6 Å². The predicted octanol–water partition coefficient (Wildman–Crippen LogP) is 2.05. The van der Waals surface area contributed by atoms with Crippen LogP contribution in [0.3, 0.4) is 0 Å². The first-order valence-electron chi connectivity index (χ1n) is 8.54. The Labute approximate surface area is 150 Å². The highest BCUT2D eigenvalue weighted by Crippen LogP contribution is 2.27. The number of carbonyl (C=O) groups excluding carboxylic acids is 2. The van der Waals surface area contributed by atoms with Crippen LogP contribution in [0.2, 0.25) is 0 Å². The van der Waals surface area contributed by atoms with E-state index < -0.39 is 5.82 Å². The number of hydrogen-bond donors (Lipinski definition) is 0. The van der Waals surface area contributed by atoms with Crippen LogP contribution in [0.15, 0.2) is 42.9 Å². The zero-order valence-electron chi connectivity index (χ0n) is 14.1. The molecule has 0 aliphatic carbocycles. The molecule has 0 atom stereocenters. The third kappa shape index (κ3) is 2.87. The molecular weight excluding hydrogens is 337 g/mol. The van der Waals surface area contributed by atoms with Gasteiger partial charge in [-0.25, -0.2) is 24.1 Å². The maximum Gasteiger partial charge on any atom is 0.332 e. The number of amides is 3. The quantitative estimate of drug-likeness (QED) is 0.788. The van der Waals surface area contributed by atoms with Gasteiger partial charge in [-0.1, -0.05) is 18.2 Å². The van der Waals surface area contributed by atoms with E-state index in [1.165, 1.54) is 11.2 Å². The number of anilines is 2. The van der Waals surface area contributed by atoms with Crippen LogP contribution in [0, 0.1) is 5.82 Å². The number of rotatable bonds is 3. The molecule has 2 aromatic rings. The molecule has 26 heavy (non-hydrogen) atoms. The maximum atomic E-state index is 13.8. The number of benzene rings is 1. The van der Waals surface area contributed by atoms with E-state index in [1.807, 2.05) is 11.0 Å². The number of aromatic nitrogens is 2. The van der Waals surface area contributed by atoms with Crippen molar-refractivity contribution in [3.05, 3.63) is 48.7 Å². The number of piperidine rings is 1. The topological polar surface area (TPSA) is 69.6 Å².